The fourth-order valence-corrected chi connectivity index (χ4v) is 3.06. The summed E-state index contributed by atoms with van der Waals surface area (Å²) >= 11 is 6.34. The van der Waals surface area contributed by atoms with Crippen LogP contribution in [0.25, 0.3) is 0 Å². The molecule has 1 N–H and O–H groups in total. The van der Waals surface area contributed by atoms with Crippen LogP contribution in [0.5, 0.6) is 0 Å². The Morgan fingerprint density at radius 2 is 1.95 bits per heavy atom. The van der Waals surface area contributed by atoms with Crippen LogP contribution < -0.4 is 5.32 Å². The number of hydrogen-bond donors (Lipinski definition) is 1. The van der Waals surface area contributed by atoms with E-state index >= 15 is 0 Å². The van der Waals surface area contributed by atoms with Crippen molar-refractivity contribution in [2.75, 3.05) is 6.54 Å². The fourth-order valence-electron chi connectivity index (χ4n) is 2.80. The molecule has 1 unspecified atom stereocenters. The number of halogens is 1. The standard InChI is InChI=1S/C17H16ClNO/c1-11-6-7-12-9-17(20)19-10-15(14(12)8-11)13-4-2-3-5-16(13)18/h2-8,15H,9-10H2,1H3,(H,19,20). The Balaban J connectivity index is 2.15. The minimum absolute atomic E-state index is 0.0738. The van der Waals surface area contributed by atoms with Crippen molar-refractivity contribution in [1.29, 1.82) is 0 Å². The average Bonchev–Trinajstić information content (AvgIpc) is 2.58. The van der Waals surface area contributed by atoms with Gasteiger partial charge < -0.3 is 5.32 Å². The van der Waals surface area contributed by atoms with Gasteiger partial charge in [0.05, 0.1) is 6.42 Å². The molecule has 0 fully saturated rings. The van der Waals surface area contributed by atoms with Gasteiger partial charge in [-0.15, -0.1) is 0 Å². The second kappa shape index (κ2) is 5.29. The van der Waals surface area contributed by atoms with Crippen molar-refractivity contribution in [1.82, 2.24) is 5.32 Å². The number of carbonyl (C=O) groups is 1. The van der Waals surface area contributed by atoms with Gasteiger partial charge in [0, 0.05) is 17.5 Å². The highest BCUT2D eigenvalue weighted by Gasteiger charge is 2.24. The second-order valence-corrected chi connectivity index (χ2v) is 5.66. The molecule has 102 valence electrons. The van der Waals surface area contributed by atoms with E-state index in [0.717, 1.165) is 16.1 Å². The molecular weight excluding hydrogens is 270 g/mol. The van der Waals surface area contributed by atoms with Gasteiger partial charge in [-0.25, -0.2) is 0 Å². The highest BCUT2D eigenvalue weighted by Crippen LogP contribution is 2.33. The zero-order valence-corrected chi connectivity index (χ0v) is 12.1. The summed E-state index contributed by atoms with van der Waals surface area (Å²) in [6.45, 7) is 2.67. The van der Waals surface area contributed by atoms with Gasteiger partial charge in [-0.05, 0) is 29.7 Å². The van der Waals surface area contributed by atoms with E-state index in [-0.39, 0.29) is 11.8 Å². The lowest BCUT2D eigenvalue weighted by Gasteiger charge is -2.19. The van der Waals surface area contributed by atoms with Gasteiger partial charge in [0.2, 0.25) is 5.91 Å². The summed E-state index contributed by atoms with van der Waals surface area (Å²) in [6.07, 6.45) is 0.441. The predicted molar refractivity (Wildman–Crippen MR) is 81.2 cm³/mol. The molecule has 1 atom stereocenters. The first-order chi connectivity index (χ1) is 9.65. The molecule has 1 heterocycles. The van der Waals surface area contributed by atoms with E-state index in [1.165, 1.54) is 11.1 Å². The van der Waals surface area contributed by atoms with E-state index < -0.39 is 0 Å². The highest BCUT2D eigenvalue weighted by atomic mass is 35.5. The SMILES string of the molecule is Cc1ccc2c(c1)C(c1ccccc1Cl)CNC(=O)C2. The first-order valence-electron chi connectivity index (χ1n) is 6.75. The zero-order valence-electron chi connectivity index (χ0n) is 11.3. The normalized spacial score (nSPS) is 18.1. The maximum absolute atomic E-state index is 11.8. The number of aryl methyl sites for hydroxylation is 1. The van der Waals surface area contributed by atoms with Gasteiger partial charge in [0.25, 0.3) is 0 Å². The molecular formula is C17H16ClNO. The van der Waals surface area contributed by atoms with Crippen molar-refractivity contribution in [2.45, 2.75) is 19.3 Å². The van der Waals surface area contributed by atoms with Crippen LogP contribution in [0.2, 0.25) is 5.02 Å². The van der Waals surface area contributed by atoms with Crippen LogP contribution in [0.4, 0.5) is 0 Å². The summed E-state index contributed by atoms with van der Waals surface area (Å²) in [5.41, 5.74) is 4.57. The Kier molecular flexibility index (Phi) is 3.49. The lowest BCUT2D eigenvalue weighted by Crippen LogP contribution is -2.26. The third kappa shape index (κ3) is 2.44. The summed E-state index contributed by atoms with van der Waals surface area (Å²) in [5, 5.41) is 3.74. The molecule has 1 aliphatic rings. The number of rotatable bonds is 1. The summed E-state index contributed by atoms with van der Waals surface area (Å²) in [5.74, 6) is 0.190. The van der Waals surface area contributed by atoms with E-state index in [9.17, 15) is 4.79 Å². The monoisotopic (exact) mass is 285 g/mol. The topological polar surface area (TPSA) is 29.1 Å². The lowest BCUT2D eigenvalue weighted by molar-refractivity contribution is -0.120. The number of amides is 1. The van der Waals surface area contributed by atoms with Crippen molar-refractivity contribution < 1.29 is 4.79 Å². The minimum atomic E-state index is 0.0738. The van der Waals surface area contributed by atoms with Gasteiger partial charge in [0.15, 0.2) is 0 Å². The van der Waals surface area contributed by atoms with Crippen molar-refractivity contribution in [3.05, 3.63) is 69.7 Å². The minimum Gasteiger partial charge on any atom is -0.355 e. The van der Waals surface area contributed by atoms with Crippen LogP contribution in [0.1, 0.15) is 28.2 Å². The maximum Gasteiger partial charge on any atom is 0.224 e. The molecule has 0 spiro atoms. The largest absolute Gasteiger partial charge is 0.355 e. The molecule has 1 amide bonds. The van der Waals surface area contributed by atoms with Gasteiger partial charge in [0.1, 0.15) is 0 Å². The Bertz CT molecular complexity index is 666. The first-order valence-corrected chi connectivity index (χ1v) is 7.13. The van der Waals surface area contributed by atoms with Crippen molar-refractivity contribution in [3.63, 3.8) is 0 Å². The summed E-state index contributed by atoms with van der Waals surface area (Å²) in [4.78, 5) is 11.8. The van der Waals surface area contributed by atoms with Crippen molar-refractivity contribution >= 4 is 17.5 Å². The summed E-state index contributed by atoms with van der Waals surface area (Å²) < 4.78 is 0. The lowest BCUT2D eigenvalue weighted by atomic mass is 9.87. The molecule has 2 aromatic carbocycles. The molecule has 0 aromatic heterocycles. The highest BCUT2D eigenvalue weighted by molar-refractivity contribution is 6.31. The number of fused-ring (bicyclic) bond motifs is 1. The Morgan fingerprint density at radius 3 is 2.75 bits per heavy atom. The van der Waals surface area contributed by atoms with Gasteiger partial charge in [-0.3, -0.25) is 4.79 Å². The number of nitrogens with one attached hydrogen (secondary N) is 1. The number of benzene rings is 2. The molecule has 2 nitrogen and oxygen atoms in total. The quantitative estimate of drug-likeness (QED) is 0.854. The predicted octanol–water partition coefficient (Wildman–Crippen LogP) is 3.45. The molecule has 0 saturated carbocycles. The van der Waals surface area contributed by atoms with Crippen LogP contribution in [0, 0.1) is 6.92 Å². The molecule has 0 aliphatic carbocycles. The van der Waals surface area contributed by atoms with Crippen molar-refractivity contribution in [3.8, 4) is 0 Å². The van der Waals surface area contributed by atoms with Crippen LogP contribution in [0.3, 0.4) is 0 Å². The second-order valence-electron chi connectivity index (χ2n) is 5.26. The molecule has 0 saturated heterocycles. The van der Waals surface area contributed by atoms with Crippen LogP contribution in [0.15, 0.2) is 42.5 Å². The van der Waals surface area contributed by atoms with Gasteiger partial charge in [-0.1, -0.05) is 53.6 Å². The van der Waals surface area contributed by atoms with Crippen LogP contribution >= 0.6 is 11.6 Å². The van der Waals surface area contributed by atoms with E-state index in [2.05, 4.69) is 30.4 Å². The average molecular weight is 286 g/mol. The van der Waals surface area contributed by atoms with E-state index in [0.29, 0.717) is 13.0 Å². The number of carbonyl (C=O) groups excluding carboxylic acids is 1. The smallest absolute Gasteiger partial charge is 0.224 e. The molecule has 2 aromatic rings. The molecule has 3 rings (SSSR count). The number of hydrogen-bond acceptors (Lipinski definition) is 1. The fraction of sp³-hybridized carbons (Fsp3) is 0.235. The molecule has 3 heteroatoms. The molecule has 0 radical (unpaired) electrons. The summed E-state index contributed by atoms with van der Waals surface area (Å²) in [7, 11) is 0. The Hall–Kier alpha value is -1.80. The Morgan fingerprint density at radius 1 is 1.15 bits per heavy atom. The summed E-state index contributed by atoms with van der Waals surface area (Å²) in [6, 6.07) is 14.1. The maximum atomic E-state index is 11.8. The third-order valence-electron chi connectivity index (χ3n) is 3.81. The van der Waals surface area contributed by atoms with E-state index in [4.69, 9.17) is 11.6 Å². The van der Waals surface area contributed by atoms with E-state index in [1.54, 1.807) is 0 Å². The Labute approximate surface area is 123 Å². The van der Waals surface area contributed by atoms with Gasteiger partial charge >= 0.3 is 0 Å². The first kappa shape index (κ1) is 13.2. The van der Waals surface area contributed by atoms with Crippen LogP contribution in [-0.2, 0) is 11.2 Å². The van der Waals surface area contributed by atoms with Crippen LogP contribution in [-0.4, -0.2) is 12.5 Å². The van der Waals surface area contributed by atoms with Gasteiger partial charge in [-0.2, -0.15) is 0 Å². The molecule has 1 aliphatic heterocycles. The zero-order chi connectivity index (χ0) is 14.1. The van der Waals surface area contributed by atoms with E-state index in [1.807, 2.05) is 24.3 Å². The molecule has 20 heavy (non-hydrogen) atoms. The van der Waals surface area contributed by atoms with Crippen molar-refractivity contribution in [2.24, 2.45) is 0 Å². The third-order valence-corrected chi connectivity index (χ3v) is 4.16. The molecule has 0 bridgehead atoms.